The quantitative estimate of drug-likeness (QED) is 0.904. The maximum absolute atomic E-state index is 5.47. The van der Waals surface area contributed by atoms with Crippen molar-refractivity contribution in [2.75, 3.05) is 18.1 Å². The fraction of sp³-hybridized carbons (Fsp3) is 0.615. The first-order valence-corrected chi connectivity index (χ1v) is 8.07. The van der Waals surface area contributed by atoms with Crippen LogP contribution < -0.4 is 5.32 Å². The lowest BCUT2D eigenvalue weighted by Gasteiger charge is -2.16. The highest BCUT2D eigenvalue weighted by atomic mass is 32.2. The Kier molecular flexibility index (Phi) is 4.07. The maximum atomic E-state index is 5.47. The third-order valence-corrected chi connectivity index (χ3v) is 4.65. The molecular weight excluding hydrogens is 274 g/mol. The minimum absolute atomic E-state index is 0.310. The number of hydrogen-bond acceptors (Lipinski definition) is 6. The van der Waals surface area contributed by atoms with Gasteiger partial charge in [0.05, 0.1) is 17.7 Å². The van der Waals surface area contributed by atoms with Crippen LogP contribution in [-0.2, 0) is 7.05 Å². The Hall–Kier alpha value is -1.34. The number of hydrogen-bond donors (Lipinski definition) is 1. The summed E-state index contributed by atoms with van der Waals surface area (Å²) in [5.74, 6) is 3.82. The van der Waals surface area contributed by atoms with Crippen molar-refractivity contribution in [1.82, 2.24) is 25.2 Å². The second-order valence-corrected chi connectivity index (χ2v) is 6.14. The van der Waals surface area contributed by atoms with Gasteiger partial charge >= 0.3 is 0 Å². The zero-order chi connectivity index (χ0) is 13.9. The minimum atomic E-state index is 0.310. The molecule has 1 aliphatic rings. The number of nitrogens with one attached hydrogen (secondary N) is 1. The highest BCUT2D eigenvalue weighted by molar-refractivity contribution is 7.99. The Morgan fingerprint density at radius 1 is 1.50 bits per heavy atom. The third kappa shape index (κ3) is 2.73. The Balaban J connectivity index is 1.75. The van der Waals surface area contributed by atoms with Crippen molar-refractivity contribution in [2.24, 2.45) is 7.05 Å². The molecule has 1 aliphatic heterocycles. The average Bonchev–Trinajstić information content (AvgIpc) is 3.15. The normalized spacial score (nSPS) is 22.5. The number of rotatable bonds is 5. The lowest BCUT2D eigenvalue weighted by atomic mass is 10.0. The molecule has 0 saturated carbocycles. The van der Waals surface area contributed by atoms with Crippen LogP contribution in [0.5, 0.6) is 0 Å². The molecular formula is C13H19N5OS. The summed E-state index contributed by atoms with van der Waals surface area (Å²) in [4.78, 5) is 4.55. The first kappa shape index (κ1) is 13.6. The SMILES string of the molecule is CCCNC1CSCC1c1nc(-c2cnn(C)c2)no1. The maximum Gasteiger partial charge on any atom is 0.232 e. The number of nitrogens with zero attached hydrogens (tertiary/aromatic N) is 4. The Labute approximate surface area is 122 Å². The van der Waals surface area contributed by atoms with E-state index in [1.165, 1.54) is 0 Å². The van der Waals surface area contributed by atoms with Crippen LogP contribution >= 0.6 is 11.8 Å². The Morgan fingerprint density at radius 2 is 2.40 bits per heavy atom. The summed E-state index contributed by atoms with van der Waals surface area (Å²) in [6, 6.07) is 0.433. The van der Waals surface area contributed by atoms with Crippen molar-refractivity contribution in [2.45, 2.75) is 25.3 Å². The van der Waals surface area contributed by atoms with Crippen LogP contribution in [0.15, 0.2) is 16.9 Å². The van der Waals surface area contributed by atoms with Gasteiger partial charge < -0.3 is 9.84 Å². The van der Waals surface area contributed by atoms with Crippen molar-refractivity contribution < 1.29 is 4.52 Å². The fourth-order valence-electron chi connectivity index (χ4n) is 2.37. The van der Waals surface area contributed by atoms with Gasteiger partial charge in [0.25, 0.3) is 0 Å². The summed E-state index contributed by atoms with van der Waals surface area (Å²) >= 11 is 1.94. The van der Waals surface area contributed by atoms with E-state index in [2.05, 4.69) is 27.5 Å². The molecule has 0 spiro atoms. The molecule has 1 saturated heterocycles. The largest absolute Gasteiger partial charge is 0.339 e. The zero-order valence-electron chi connectivity index (χ0n) is 11.7. The fourth-order valence-corrected chi connectivity index (χ4v) is 3.74. The molecule has 3 heterocycles. The van der Waals surface area contributed by atoms with Gasteiger partial charge in [0, 0.05) is 30.8 Å². The van der Waals surface area contributed by atoms with Crippen molar-refractivity contribution in [1.29, 1.82) is 0 Å². The van der Waals surface area contributed by atoms with Crippen LogP contribution in [0.1, 0.15) is 25.2 Å². The first-order chi connectivity index (χ1) is 9.78. The predicted octanol–water partition coefficient (Wildman–Crippen LogP) is 1.67. The summed E-state index contributed by atoms with van der Waals surface area (Å²) in [5, 5.41) is 11.8. The molecule has 0 amide bonds. The van der Waals surface area contributed by atoms with Crippen molar-refractivity contribution in [3.63, 3.8) is 0 Å². The molecule has 108 valence electrons. The summed E-state index contributed by atoms with van der Waals surface area (Å²) in [6.45, 7) is 3.21. The van der Waals surface area contributed by atoms with Gasteiger partial charge in [-0.3, -0.25) is 4.68 Å². The molecule has 1 N–H and O–H groups in total. The van der Waals surface area contributed by atoms with Crippen LogP contribution in [0, 0.1) is 0 Å². The molecule has 3 rings (SSSR count). The van der Waals surface area contributed by atoms with Crippen LogP contribution in [0.2, 0.25) is 0 Å². The van der Waals surface area contributed by atoms with Gasteiger partial charge in [-0.15, -0.1) is 0 Å². The number of aryl methyl sites for hydroxylation is 1. The van der Waals surface area contributed by atoms with Crippen LogP contribution in [0.25, 0.3) is 11.4 Å². The van der Waals surface area contributed by atoms with Crippen molar-refractivity contribution in [3.8, 4) is 11.4 Å². The van der Waals surface area contributed by atoms with E-state index >= 15 is 0 Å². The van der Waals surface area contributed by atoms with Gasteiger partial charge in [-0.25, -0.2) is 0 Å². The molecule has 2 unspecified atom stereocenters. The van der Waals surface area contributed by atoms with Crippen molar-refractivity contribution in [3.05, 3.63) is 18.3 Å². The Morgan fingerprint density at radius 3 is 3.15 bits per heavy atom. The Bertz CT molecular complexity index is 567. The van der Waals surface area contributed by atoms with E-state index in [9.17, 15) is 0 Å². The van der Waals surface area contributed by atoms with Gasteiger partial charge in [-0.2, -0.15) is 21.8 Å². The highest BCUT2D eigenvalue weighted by Crippen LogP contribution is 2.32. The lowest BCUT2D eigenvalue weighted by Crippen LogP contribution is -2.34. The number of thioether (sulfide) groups is 1. The van der Waals surface area contributed by atoms with Gasteiger partial charge in [-0.1, -0.05) is 12.1 Å². The molecule has 0 aliphatic carbocycles. The van der Waals surface area contributed by atoms with Crippen LogP contribution in [0.3, 0.4) is 0 Å². The first-order valence-electron chi connectivity index (χ1n) is 6.91. The summed E-state index contributed by atoms with van der Waals surface area (Å²) < 4.78 is 7.21. The highest BCUT2D eigenvalue weighted by Gasteiger charge is 2.33. The molecule has 6 nitrogen and oxygen atoms in total. The molecule has 20 heavy (non-hydrogen) atoms. The molecule has 1 fully saturated rings. The average molecular weight is 293 g/mol. The number of aromatic nitrogens is 4. The van der Waals surface area contributed by atoms with E-state index < -0.39 is 0 Å². The second-order valence-electron chi connectivity index (χ2n) is 5.06. The van der Waals surface area contributed by atoms with E-state index in [1.54, 1.807) is 10.9 Å². The van der Waals surface area contributed by atoms with E-state index in [4.69, 9.17) is 4.52 Å². The third-order valence-electron chi connectivity index (χ3n) is 3.46. The molecule has 0 radical (unpaired) electrons. The van der Waals surface area contributed by atoms with Gasteiger partial charge in [-0.05, 0) is 13.0 Å². The molecule has 2 atom stereocenters. The minimum Gasteiger partial charge on any atom is -0.339 e. The molecule has 0 bridgehead atoms. The van der Waals surface area contributed by atoms with E-state index in [1.807, 2.05) is 25.0 Å². The monoisotopic (exact) mass is 293 g/mol. The van der Waals surface area contributed by atoms with Gasteiger partial charge in [0.2, 0.25) is 11.7 Å². The van der Waals surface area contributed by atoms with Gasteiger partial charge in [0.15, 0.2) is 0 Å². The standard InChI is InChI=1S/C13H19N5OS/c1-3-4-14-11-8-20-7-10(11)13-16-12(17-19-13)9-5-15-18(2)6-9/h5-6,10-11,14H,3-4,7-8H2,1-2H3. The topological polar surface area (TPSA) is 68.8 Å². The molecule has 2 aromatic rings. The summed E-state index contributed by atoms with van der Waals surface area (Å²) in [6.07, 6.45) is 4.79. The van der Waals surface area contributed by atoms with Crippen LogP contribution in [0.4, 0.5) is 0 Å². The molecule has 2 aromatic heterocycles. The van der Waals surface area contributed by atoms with Crippen molar-refractivity contribution >= 4 is 11.8 Å². The van der Waals surface area contributed by atoms with E-state index in [-0.39, 0.29) is 0 Å². The molecule has 7 heteroatoms. The van der Waals surface area contributed by atoms with Crippen LogP contribution in [-0.4, -0.2) is 44.0 Å². The van der Waals surface area contributed by atoms with E-state index in [0.717, 1.165) is 35.9 Å². The zero-order valence-corrected chi connectivity index (χ0v) is 12.6. The molecule has 0 aromatic carbocycles. The predicted molar refractivity (Wildman–Crippen MR) is 78.6 cm³/mol. The van der Waals surface area contributed by atoms with Gasteiger partial charge in [0.1, 0.15) is 0 Å². The lowest BCUT2D eigenvalue weighted by molar-refractivity contribution is 0.339. The summed E-state index contributed by atoms with van der Waals surface area (Å²) in [5.41, 5.74) is 0.895. The summed E-state index contributed by atoms with van der Waals surface area (Å²) in [7, 11) is 1.88. The smallest absolute Gasteiger partial charge is 0.232 e. The van der Waals surface area contributed by atoms with E-state index in [0.29, 0.717) is 17.8 Å². The second kappa shape index (κ2) is 5.97.